The van der Waals surface area contributed by atoms with E-state index in [-0.39, 0.29) is 5.78 Å². The van der Waals surface area contributed by atoms with Crippen LogP contribution in [0.2, 0.25) is 0 Å². The molecule has 0 unspecified atom stereocenters. The number of hydrogen-bond donors (Lipinski definition) is 0. The summed E-state index contributed by atoms with van der Waals surface area (Å²) in [5.74, 6) is 2.76. The Hall–Kier alpha value is -1.33. The molecule has 0 saturated heterocycles. The Kier molecular flexibility index (Phi) is 4.84. The molecule has 1 aliphatic carbocycles. The van der Waals surface area contributed by atoms with Crippen LogP contribution in [0.25, 0.3) is 0 Å². The summed E-state index contributed by atoms with van der Waals surface area (Å²) in [4.78, 5) is 12.9. The third kappa shape index (κ3) is 3.36. The van der Waals surface area contributed by atoms with Crippen LogP contribution in [0.5, 0.6) is 0 Å². The number of carbonyl (C=O) groups excluding carboxylic acids is 1. The van der Waals surface area contributed by atoms with E-state index in [1.54, 1.807) is 18.0 Å². The Morgan fingerprint density at radius 1 is 1.45 bits per heavy atom. The predicted octanol–water partition coefficient (Wildman–Crippen LogP) is 4.96. The van der Waals surface area contributed by atoms with Gasteiger partial charge in [0.15, 0.2) is 11.5 Å². The van der Waals surface area contributed by atoms with E-state index < -0.39 is 0 Å². The molecule has 0 aliphatic heterocycles. The number of carbonyl (C=O) groups is 1. The van der Waals surface area contributed by atoms with Gasteiger partial charge in [-0.05, 0) is 36.6 Å². The van der Waals surface area contributed by atoms with Gasteiger partial charge in [0.05, 0.1) is 11.8 Å². The van der Waals surface area contributed by atoms with Crippen LogP contribution < -0.4 is 0 Å². The number of hydrogen-bond acceptors (Lipinski definition) is 4. The zero-order valence-corrected chi connectivity index (χ0v) is 14.5. The average molecular weight is 378 g/mol. The molecule has 0 spiro atoms. The van der Waals surface area contributed by atoms with Crippen molar-refractivity contribution in [3.05, 3.63) is 64.0 Å². The van der Waals surface area contributed by atoms with Crippen LogP contribution in [0.15, 0.2) is 46.0 Å². The zero-order valence-electron chi connectivity index (χ0n) is 12.0. The minimum absolute atomic E-state index is 0.00449. The first-order chi connectivity index (χ1) is 10.7. The van der Waals surface area contributed by atoms with Crippen LogP contribution in [0.1, 0.15) is 46.0 Å². The topological polar surface area (TPSA) is 43.1 Å². The molecule has 0 amide bonds. The third-order valence-corrected chi connectivity index (χ3v) is 5.08. The molecule has 5 heteroatoms. The summed E-state index contributed by atoms with van der Waals surface area (Å²) in [5.41, 5.74) is 2.36. The molecule has 3 rings (SSSR count). The number of benzene rings is 1. The highest BCUT2D eigenvalue weighted by Gasteiger charge is 2.33. The van der Waals surface area contributed by atoms with Gasteiger partial charge in [-0.3, -0.25) is 4.79 Å². The molecule has 1 aliphatic rings. The van der Waals surface area contributed by atoms with Crippen LogP contribution in [-0.4, -0.2) is 16.7 Å². The van der Waals surface area contributed by atoms with Gasteiger partial charge in [0, 0.05) is 27.5 Å². The van der Waals surface area contributed by atoms with Gasteiger partial charge in [-0.2, -0.15) is 11.8 Å². The molecular weight excluding hydrogens is 362 g/mol. The monoisotopic (exact) mass is 377 g/mol. The molecule has 1 heterocycles. The summed E-state index contributed by atoms with van der Waals surface area (Å²) >= 11 is 5.22. The SMILES string of the molecule is C=CCSCc1cc(Br)ccc1C(=O)c1cnoc1C1CC1. The summed E-state index contributed by atoms with van der Waals surface area (Å²) in [6, 6.07) is 5.78. The van der Waals surface area contributed by atoms with Crippen LogP contribution in [0, 0.1) is 0 Å². The quantitative estimate of drug-likeness (QED) is 0.388. The molecule has 1 aromatic heterocycles. The summed E-state index contributed by atoms with van der Waals surface area (Å²) in [7, 11) is 0. The maximum absolute atomic E-state index is 12.9. The number of thioether (sulfide) groups is 1. The van der Waals surface area contributed by atoms with E-state index in [0.717, 1.165) is 45.7 Å². The molecule has 1 aromatic carbocycles. The summed E-state index contributed by atoms with van der Waals surface area (Å²) in [6.07, 6.45) is 5.59. The molecule has 0 atom stereocenters. The lowest BCUT2D eigenvalue weighted by molar-refractivity contribution is 0.103. The highest BCUT2D eigenvalue weighted by molar-refractivity contribution is 9.10. The minimum Gasteiger partial charge on any atom is -0.360 e. The molecule has 0 bridgehead atoms. The van der Waals surface area contributed by atoms with Crippen LogP contribution in [0.3, 0.4) is 0 Å². The van der Waals surface area contributed by atoms with Gasteiger partial charge in [0.25, 0.3) is 0 Å². The lowest BCUT2D eigenvalue weighted by Gasteiger charge is -2.09. The van der Waals surface area contributed by atoms with Crippen LogP contribution in [-0.2, 0) is 5.75 Å². The first kappa shape index (κ1) is 15.6. The highest BCUT2D eigenvalue weighted by Crippen LogP contribution is 2.42. The fourth-order valence-electron chi connectivity index (χ4n) is 2.36. The van der Waals surface area contributed by atoms with Crippen molar-refractivity contribution >= 4 is 33.5 Å². The molecular formula is C17H16BrNO2S. The van der Waals surface area contributed by atoms with E-state index in [9.17, 15) is 4.79 Å². The van der Waals surface area contributed by atoms with E-state index >= 15 is 0 Å². The smallest absolute Gasteiger partial charge is 0.198 e. The Balaban J connectivity index is 1.90. The predicted molar refractivity (Wildman–Crippen MR) is 92.4 cm³/mol. The third-order valence-electron chi connectivity index (χ3n) is 3.60. The van der Waals surface area contributed by atoms with Crippen molar-refractivity contribution in [1.29, 1.82) is 0 Å². The van der Waals surface area contributed by atoms with Crippen molar-refractivity contribution in [2.45, 2.75) is 24.5 Å². The fraction of sp³-hybridized carbons (Fsp3) is 0.294. The van der Waals surface area contributed by atoms with Crippen LogP contribution in [0.4, 0.5) is 0 Å². The summed E-state index contributed by atoms with van der Waals surface area (Å²) in [5, 5.41) is 3.83. The normalized spacial score (nSPS) is 14.0. The Labute approximate surface area is 142 Å². The van der Waals surface area contributed by atoms with E-state index in [1.807, 2.05) is 24.3 Å². The van der Waals surface area contributed by atoms with Gasteiger partial charge >= 0.3 is 0 Å². The molecule has 2 aromatic rings. The van der Waals surface area contributed by atoms with Crippen molar-refractivity contribution in [3.8, 4) is 0 Å². The second-order valence-corrected chi connectivity index (χ2v) is 7.26. The van der Waals surface area contributed by atoms with Crippen molar-refractivity contribution in [1.82, 2.24) is 5.16 Å². The lowest BCUT2D eigenvalue weighted by atomic mass is 9.99. The van der Waals surface area contributed by atoms with E-state index in [0.29, 0.717) is 11.5 Å². The second-order valence-electron chi connectivity index (χ2n) is 5.31. The Bertz CT molecular complexity index is 706. The minimum atomic E-state index is 0.00449. The maximum Gasteiger partial charge on any atom is 0.198 e. The van der Waals surface area contributed by atoms with E-state index in [4.69, 9.17) is 4.52 Å². The molecule has 22 heavy (non-hydrogen) atoms. The number of ketones is 1. The van der Waals surface area contributed by atoms with Crippen LogP contribution >= 0.6 is 27.7 Å². The first-order valence-corrected chi connectivity index (χ1v) is 9.11. The summed E-state index contributed by atoms with van der Waals surface area (Å²) in [6.45, 7) is 3.73. The van der Waals surface area contributed by atoms with Gasteiger partial charge in [0.2, 0.25) is 0 Å². The molecule has 1 fully saturated rings. The van der Waals surface area contributed by atoms with Gasteiger partial charge in [-0.15, -0.1) is 6.58 Å². The maximum atomic E-state index is 12.9. The van der Waals surface area contributed by atoms with Gasteiger partial charge in [0.1, 0.15) is 0 Å². The first-order valence-electron chi connectivity index (χ1n) is 7.17. The second kappa shape index (κ2) is 6.84. The molecule has 0 N–H and O–H groups in total. The largest absolute Gasteiger partial charge is 0.360 e. The number of halogens is 1. The molecule has 1 saturated carbocycles. The zero-order chi connectivity index (χ0) is 15.5. The average Bonchev–Trinajstić information content (AvgIpc) is 3.24. The Morgan fingerprint density at radius 2 is 2.27 bits per heavy atom. The summed E-state index contributed by atoms with van der Waals surface area (Å²) < 4.78 is 6.27. The molecule has 114 valence electrons. The highest BCUT2D eigenvalue weighted by atomic mass is 79.9. The standard InChI is InChI=1S/C17H16BrNO2S/c1-2-7-22-10-12-8-13(18)5-6-14(12)16(20)15-9-19-21-17(15)11-3-4-11/h2,5-6,8-9,11H,1,3-4,7,10H2. The molecule has 0 radical (unpaired) electrons. The lowest BCUT2D eigenvalue weighted by Crippen LogP contribution is -2.06. The fourth-order valence-corrected chi connectivity index (χ4v) is 3.51. The number of rotatable bonds is 7. The number of aromatic nitrogens is 1. The van der Waals surface area contributed by atoms with Crippen molar-refractivity contribution in [3.63, 3.8) is 0 Å². The Morgan fingerprint density at radius 3 is 3.00 bits per heavy atom. The number of nitrogens with zero attached hydrogens (tertiary/aromatic N) is 1. The van der Waals surface area contributed by atoms with Crippen molar-refractivity contribution < 1.29 is 9.32 Å². The van der Waals surface area contributed by atoms with Crippen molar-refractivity contribution in [2.24, 2.45) is 0 Å². The van der Waals surface area contributed by atoms with Gasteiger partial charge in [-0.25, -0.2) is 0 Å². The van der Waals surface area contributed by atoms with Gasteiger partial charge in [-0.1, -0.05) is 27.2 Å². The van der Waals surface area contributed by atoms with E-state index in [2.05, 4.69) is 27.7 Å². The molecule has 3 nitrogen and oxygen atoms in total. The van der Waals surface area contributed by atoms with Crippen molar-refractivity contribution in [2.75, 3.05) is 5.75 Å². The van der Waals surface area contributed by atoms with E-state index in [1.165, 1.54) is 0 Å². The van der Waals surface area contributed by atoms with Gasteiger partial charge < -0.3 is 4.52 Å².